The second-order valence-corrected chi connectivity index (χ2v) is 9.53. The molecule has 7 heteroatoms. The molecule has 2 saturated carbocycles. The van der Waals surface area contributed by atoms with Crippen LogP contribution in [0.1, 0.15) is 55.6 Å². The Labute approximate surface area is 192 Å². The first-order chi connectivity index (χ1) is 15.9. The molecule has 3 aliphatic rings. The topological polar surface area (TPSA) is 105 Å². The highest BCUT2D eigenvalue weighted by atomic mass is 16.5. The van der Waals surface area contributed by atoms with Crippen LogP contribution in [0.4, 0.5) is 4.79 Å². The number of hydrogen-bond donors (Lipinski definition) is 3. The molecule has 0 saturated heterocycles. The number of fused-ring (bicyclic) bond motifs is 3. The highest BCUT2D eigenvalue weighted by Crippen LogP contribution is 2.44. The SMILES string of the molecule is O=C(O)CC1(NC(=O)C2CC(NC(=O)OCC3c4ccccc4-c4ccccc43)C2)CCC1. The van der Waals surface area contributed by atoms with Gasteiger partial charge in [0.1, 0.15) is 6.61 Å². The van der Waals surface area contributed by atoms with Crippen LogP contribution in [-0.4, -0.2) is 41.3 Å². The van der Waals surface area contributed by atoms with Gasteiger partial charge >= 0.3 is 12.1 Å². The van der Waals surface area contributed by atoms with Gasteiger partial charge in [0.2, 0.25) is 5.91 Å². The van der Waals surface area contributed by atoms with Crippen molar-refractivity contribution in [2.45, 2.75) is 56.0 Å². The molecule has 3 N–H and O–H groups in total. The molecule has 2 aromatic rings. The number of hydrogen-bond acceptors (Lipinski definition) is 4. The fourth-order valence-electron chi connectivity index (χ4n) is 5.36. The van der Waals surface area contributed by atoms with E-state index in [-0.39, 0.29) is 36.8 Å². The van der Waals surface area contributed by atoms with E-state index in [0.717, 1.165) is 17.5 Å². The normalized spacial score (nSPS) is 22.2. The van der Waals surface area contributed by atoms with Gasteiger partial charge in [0.25, 0.3) is 0 Å². The lowest BCUT2D eigenvalue weighted by atomic mass is 9.72. The van der Waals surface area contributed by atoms with Gasteiger partial charge in [-0.15, -0.1) is 0 Å². The number of carbonyl (C=O) groups is 3. The zero-order chi connectivity index (χ0) is 23.0. The van der Waals surface area contributed by atoms with Crippen LogP contribution in [0.15, 0.2) is 48.5 Å². The van der Waals surface area contributed by atoms with Gasteiger partial charge < -0.3 is 20.5 Å². The van der Waals surface area contributed by atoms with Crippen LogP contribution in [0, 0.1) is 5.92 Å². The number of rotatable bonds is 7. The Bertz CT molecular complexity index is 1040. The van der Waals surface area contributed by atoms with Crippen molar-refractivity contribution in [2.75, 3.05) is 6.61 Å². The zero-order valence-corrected chi connectivity index (χ0v) is 18.4. The van der Waals surface area contributed by atoms with E-state index < -0.39 is 17.6 Å². The van der Waals surface area contributed by atoms with Crippen molar-refractivity contribution in [3.05, 3.63) is 59.7 Å². The van der Waals surface area contributed by atoms with Crippen molar-refractivity contribution < 1.29 is 24.2 Å². The van der Waals surface area contributed by atoms with E-state index in [1.165, 1.54) is 11.1 Å². The number of nitrogens with one attached hydrogen (secondary N) is 2. The number of benzene rings is 2. The molecule has 2 aromatic carbocycles. The molecule has 0 aromatic heterocycles. The summed E-state index contributed by atoms with van der Waals surface area (Å²) < 4.78 is 5.58. The van der Waals surface area contributed by atoms with Crippen LogP contribution >= 0.6 is 0 Å². The molecular formula is C26H28N2O5. The molecule has 33 heavy (non-hydrogen) atoms. The lowest BCUT2D eigenvalue weighted by molar-refractivity contribution is -0.141. The van der Waals surface area contributed by atoms with E-state index in [0.29, 0.717) is 25.7 Å². The van der Waals surface area contributed by atoms with Crippen molar-refractivity contribution in [3.63, 3.8) is 0 Å². The monoisotopic (exact) mass is 448 g/mol. The minimum atomic E-state index is -0.890. The number of carbonyl (C=O) groups excluding carboxylic acids is 2. The van der Waals surface area contributed by atoms with Crippen molar-refractivity contribution >= 4 is 18.0 Å². The first-order valence-corrected chi connectivity index (χ1v) is 11.6. The van der Waals surface area contributed by atoms with Crippen LogP contribution in [-0.2, 0) is 14.3 Å². The average Bonchev–Trinajstić information content (AvgIpc) is 3.06. The van der Waals surface area contributed by atoms with E-state index in [1.807, 2.05) is 24.3 Å². The lowest BCUT2D eigenvalue weighted by Gasteiger charge is -2.44. The highest BCUT2D eigenvalue weighted by Gasteiger charge is 2.44. The van der Waals surface area contributed by atoms with E-state index in [2.05, 4.69) is 34.9 Å². The maximum absolute atomic E-state index is 12.5. The summed E-state index contributed by atoms with van der Waals surface area (Å²) in [5, 5.41) is 14.9. The average molecular weight is 449 g/mol. The van der Waals surface area contributed by atoms with Crippen molar-refractivity contribution in [1.29, 1.82) is 0 Å². The number of amides is 2. The Hall–Kier alpha value is -3.35. The van der Waals surface area contributed by atoms with Crippen molar-refractivity contribution in [1.82, 2.24) is 10.6 Å². The predicted molar refractivity (Wildman–Crippen MR) is 122 cm³/mol. The summed E-state index contributed by atoms with van der Waals surface area (Å²) in [7, 11) is 0. The van der Waals surface area contributed by atoms with E-state index in [9.17, 15) is 14.4 Å². The second kappa shape index (κ2) is 8.54. The van der Waals surface area contributed by atoms with Gasteiger partial charge in [-0.3, -0.25) is 9.59 Å². The van der Waals surface area contributed by atoms with Crippen molar-refractivity contribution in [3.8, 4) is 11.1 Å². The van der Waals surface area contributed by atoms with Gasteiger partial charge in [-0.1, -0.05) is 48.5 Å². The fraction of sp³-hybridized carbons (Fsp3) is 0.423. The Morgan fingerprint density at radius 2 is 1.58 bits per heavy atom. The molecule has 2 fully saturated rings. The maximum Gasteiger partial charge on any atom is 0.407 e. The molecule has 0 unspecified atom stereocenters. The number of alkyl carbamates (subject to hydrolysis) is 1. The quantitative estimate of drug-likeness (QED) is 0.597. The second-order valence-electron chi connectivity index (χ2n) is 9.53. The summed E-state index contributed by atoms with van der Waals surface area (Å²) in [6.45, 7) is 0.258. The molecule has 172 valence electrons. The molecule has 5 rings (SSSR count). The number of carboxylic acid groups (broad SMARTS) is 1. The summed E-state index contributed by atoms with van der Waals surface area (Å²) in [4.78, 5) is 36.0. The minimum Gasteiger partial charge on any atom is -0.481 e. The molecule has 0 radical (unpaired) electrons. The van der Waals surface area contributed by atoms with Gasteiger partial charge in [0, 0.05) is 17.9 Å². The van der Waals surface area contributed by atoms with Crippen molar-refractivity contribution in [2.24, 2.45) is 5.92 Å². The Morgan fingerprint density at radius 1 is 0.970 bits per heavy atom. The predicted octanol–water partition coefficient (Wildman–Crippen LogP) is 3.82. The molecule has 3 aliphatic carbocycles. The molecule has 0 heterocycles. The maximum atomic E-state index is 12.5. The third-order valence-corrected chi connectivity index (χ3v) is 7.36. The first kappa shape index (κ1) is 21.5. The molecule has 0 bridgehead atoms. The lowest BCUT2D eigenvalue weighted by Crippen LogP contribution is -2.58. The van der Waals surface area contributed by atoms with Gasteiger partial charge in [0.05, 0.1) is 12.0 Å². The Morgan fingerprint density at radius 3 is 2.12 bits per heavy atom. The Balaban J connectivity index is 1.10. The van der Waals surface area contributed by atoms with Crippen LogP contribution in [0.3, 0.4) is 0 Å². The van der Waals surface area contributed by atoms with Crippen LogP contribution in [0.5, 0.6) is 0 Å². The summed E-state index contributed by atoms with van der Waals surface area (Å²) >= 11 is 0. The van der Waals surface area contributed by atoms with E-state index in [1.54, 1.807) is 0 Å². The minimum absolute atomic E-state index is 0.0102. The third kappa shape index (κ3) is 4.19. The van der Waals surface area contributed by atoms with Crippen LogP contribution < -0.4 is 10.6 Å². The van der Waals surface area contributed by atoms with E-state index >= 15 is 0 Å². The summed E-state index contributed by atoms with van der Waals surface area (Å²) in [6, 6.07) is 16.3. The number of carboxylic acids is 1. The third-order valence-electron chi connectivity index (χ3n) is 7.36. The van der Waals surface area contributed by atoms with Crippen LogP contribution in [0.25, 0.3) is 11.1 Å². The number of ether oxygens (including phenoxy) is 1. The van der Waals surface area contributed by atoms with Gasteiger partial charge in [-0.05, 0) is 54.4 Å². The summed E-state index contributed by atoms with van der Waals surface area (Å²) in [5.74, 6) is -1.19. The molecule has 7 nitrogen and oxygen atoms in total. The van der Waals surface area contributed by atoms with Gasteiger partial charge in [0.15, 0.2) is 0 Å². The van der Waals surface area contributed by atoms with E-state index in [4.69, 9.17) is 9.84 Å². The molecule has 0 atom stereocenters. The highest BCUT2D eigenvalue weighted by molar-refractivity contribution is 5.82. The number of aliphatic carboxylic acids is 1. The smallest absolute Gasteiger partial charge is 0.407 e. The molecule has 2 amide bonds. The summed E-state index contributed by atoms with van der Waals surface area (Å²) in [6.07, 6.45) is 2.93. The standard InChI is InChI=1S/C26H28N2O5/c29-23(30)14-26(10-5-11-26)28-24(31)16-12-17(13-16)27-25(32)33-15-22-20-8-3-1-6-18(20)19-7-2-4-9-21(19)22/h1-4,6-9,16-17,22H,5,10-15H2,(H,27,32)(H,28,31)(H,29,30). The first-order valence-electron chi connectivity index (χ1n) is 11.6. The Kier molecular flexibility index (Phi) is 5.56. The largest absolute Gasteiger partial charge is 0.481 e. The zero-order valence-electron chi connectivity index (χ0n) is 18.4. The summed E-state index contributed by atoms with van der Waals surface area (Å²) in [5.41, 5.74) is 4.11. The van der Waals surface area contributed by atoms with Gasteiger partial charge in [-0.2, -0.15) is 0 Å². The fourth-order valence-corrected chi connectivity index (χ4v) is 5.36. The molecule has 0 spiro atoms. The molecule has 0 aliphatic heterocycles. The molecular weight excluding hydrogens is 420 g/mol. The van der Waals surface area contributed by atoms with Gasteiger partial charge in [-0.25, -0.2) is 4.79 Å². The van der Waals surface area contributed by atoms with Crippen LogP contribution in [0.2, 0.25) is 0 Å².